The number of nitrogens with one attached hydrogen (secondary N) is 3. The van der Waals surface area contributed by atoms with Crippen molar-refractivity contribution in [1.82, 2.24) is 10.3 Å². The molecule has 0 aliphatic rings. The van der Waals surface area contributed by atoms with Gasteiger partial charge in [-0.3, -0.25) is 4.79 Å². The van der Waals surface area contributed by atoms with E-state index in [9.17, 15) is 9.59 Å². The molecule has 23 heavy (non-hydrogen) atoms. The van der Waals surface area contributed by atoms with Gasteiger partial charge in [0.1, 0.15) is 0 Å². The number of carbonyl (C=O) groups is 2. The highest BCUT2D eigenvalue weighted by Crippen LogP contribution is 2.14. The van der Waals surface area contributed by atoms with Crippen LogP contribution in [-0.2, 0) is 11.2 Å². The van der Waals surface area contributed by atoms with Crippen LogP contribution >= 0.6 is 11.3 Å². The molecule has 3 amide bonds. The van der Waals surface area contributed by atoms with Crippen LogP contribution in [0.3, 0.4) is 0 Å². The number of thiazole rings is 1. The molecule has 0 radical (unpaired) electrons. The maximum atomic E-state index is 11.9. The summed E-state index contributed by atoms with van der Waals surface area (Å²) in [5.74, 6) is -0.125. The summed E-state index contributed by atoms with van der Waals surface area (Å²) in [5.41, 5.74) is 2.07. The van der Waals surface area contributed by atoms with Crippen molar-refractivity contribution >= 4 is 34.6 Å². The fourth-order valence-electron chi connectivity index (χ4n) is 1.84. The van der Waals surface area contributed by atoms with E-state index in [1.807, 2.05) is 12.3 Å². The van der Waals surface area contributed by atoms with E-state index in [1.165, 1.54) is 11.3 Å². The SMILES string of the molecule is C=CCNC(=O)Nc1ccc(NC(=O)Cc2csc(C)n2)cc1. The van der Waals surface area contributed by atoms with Gasteiger partial charge in [-0.25, -0.2) is 9.78 Å². The fourth-order valence-corrected chi connectivity index (χ4v) is 2.45. The van der Waals surface area contributed by atoms with Gasteiger partial charge in [-0.1, -0.05) is 6.08 Å². The molecule has 3 N–H and O–H groups in total. The Kier molecular flexibility index (Phi) is 5.87. The van der Waals surface area contributed by atoms with Crippen molar-refractivity contribution in [3.05, 3.63) is 53.0 Å². The third kappa shape index (κ3) is 5.55. The summed E-state index contributed by atoms with van der Waals surface area (Å²) in [6.07, 6.45) is 1.84. The summed E-state index contributed by atoms with van der Waals surface area (Å²) in [6.45, 7) is 5.83. The number of carbonyl (C=O) groups excluding carboxylic acids is 2. The van der Waals surface area contributed by atoms with Gasteiger partial charge in [0.2, 0.25) is 5.91 Å². The van der Waals surface area contributed by atoms with E-state index in [0.29, 0.717) is 17.9 Å². The highest BCUT2D eigenvalue weighted by Gasteiger charge is 2.07. The van der Waals surface area contributed by atoms with Gasteiger partial charge < -0.3 is 16.0 Å². The summed E-state index contributed by atoms with van der Waals surface area (Å²) in [4.78, 5) is 27.7. The van der Waals surface area contributed by atoms with E-state index in [4.69, 9.17) is 0 Å². The molecule has 0 aliphatic carbocycles. The van der Waals surface area contributed by atoms with Gasteiger partial charge in [-0.2, -0.15) is 0 Å². The third-order valence-electron chi connectivity index (χ3n) is 2.84. The predicted molar refractivity (Wildman–Crippen MR) is 92.8 cm³/mol. The lowest BCUT2D eigenvalue weighted by molar-refractivity contribution is -0.115. The average molecular weight is 330 g/mol. The lowest BCUT2D eigenvalue weighted by Gasteiger charge is -2.08. The largest absolute Gasteiger partial charge is 0.334 e. The van der Waals surface area contributed by atoms with E-state index in [0.717, 1.165) is 10.7 Å². The Hall–Kier alpha value is -2.67. The van der Waals surface area contributed by atoms with Gasteiger partial charge in [0.15, 0.2) is 0 Å². The van der Waals surface area contributed by atoms with Crippen LogP contribution in [0.5, 0.6) is 0 Å². The molecule has 0 aliphatic heterocycles. The quantitative estimate of drug-likeness (QED) is 0.712. The van der Waals surface area contributed by atoms with Crippen molar-refractivity contribution < 1.29 is 9.59 Å². The van der Waals surface area contributed by atoms with E-state index < -0.39 is 0 Å². The summed E-state index contributed by atoms with van der Waals surface area (Å²) in [7, 11) is 0. The smallest absolute Gasteiger partial charge is 0.319 e. The van der Waals surface area contributed by atoms with Gasteiger partial charge in [-0.05, 0) is 31.2 Å². The number of aryl methyl sites for hydroxylation is 1. The van der Waals surface area contributed by atoms with Crippen LogP contribution < -0.4 is 16.0 Å². The van der Waals surface area contributed by atoms with E-state index in [1.54, 1.807) is 30.3 Å². The average Bonchev–Trinajstić information content (AvgIpc) is 2.92. The summed E-state index contributed by atoms with van der Waals surface area (Å²) in [5, 5.41) is 10.9. The van der Waals surface area contributed by atoms with Gasteiger partial charge in [0, 0.05) is 23.3 Å². The zero-order valence-electron chi connectivity index (χ0n) is 12.8. The molecule has 120 valence electrons. The molecule has 1 aromatic carbocycles. The van der Waals surface area contributed by atoms with Gasteiger partial charge >= 0.3 is 6.03 Å². The van der Waals surface area contributed by atoms with Crippen molar-refractivity contribution in [2.24, 2.45) is 0 Å². The molecular weight excluding hydrogens is 312 g/mol. The van der Waals surface area contributed by atoms with Gasteiger partial charge in [0.05, 0.1) is 17.1 Å². The number of hydrogen-bond donors (Lipinski definition) is 3. The van der Waals surface area contributed by atoms with Crippen molar-refractivity contribution in [2.45, 2.75) is 13.3 Å². The van der Waals surface area contributed by atoms with Crippen molar-refractivity contribution in [3.8, 4) is 0 Å². The second-order valence-electron chi connectivity index (χ2n) is 4.78. The molecule has 0 atom stereocenters. The molecule has 0 saturated heterocycles. The molecule has 0 fully saturated rings. The zero-order valence-corrected chi connectivity index (χ0v) is 13.6. The Bertz CT molecular complexity index is 694. The van der Waals surface area contributed by atoms with Crippen LogP contribution in [0.15, 0.2) is 42.3 Å². The van der Waals surface area contributed by atoms with E-state index in [2.05, 4.69) is 27.5 Å². The normalized spacial score (nSPS) is 9.96. The standard InChI is InChI=1S/C16H18N4O2S/c1-3-8-17-16(22)20-13-6-4-12(5-7-13)19-15(21)9-14-10-23-11(2)18-14/h3-7,10H,1,8-9H2,2H3,(H,19,21)(H2,17,20,22). The first-order valence-corrected chi connectivity index (χ1v) is 7.91. The molecule has 2 aromatic rings. The second kappa shape index (κ2) is 8.09. The minimum Gasteiger partial charge on any atom is -0.334 e. The lowest BCUT2D eigenvalue weighted by atomic mass is 10.2. The topological polar surface area (TPSA) is 83.1 Å². The molecule has 1 heterocycles. The summed E-state index contributed by atoms with van der Waals surface area (Å²) < 4.78 is 0. The number of rotatable bonds is 6. The van der Waals surface area contributed by atoms with Crippen LogP contribution in [0.25, 0.3) is 0 Å². The highest BCUT2D eigenvalue weighted by atomic mass is 32.1. The monoisotopic (exact) mass is 330 g/mol. The first-order chi connectivity index (χ1) is 11.1. The van der Waals surface area contributed by atoms with Gasteiger partial charge in [0.25, 0.3) is 0 Å². The fraction of sp³-hybridized carbons (Fsp3) is 0.188. The molecule has 0 unspecified atom stereocenters. The van der Waals surface area contributed by atoms with Crippen LogP contribution in [-0.4, -0.2) is 23.5 Å². The van der Waals surface area contributed by atoms with Gasteiger partial charge in [-0.15, -0.1) is 17.9 Å². The van der Waals surface area contributed by atoms with Crippen molar-refractivity contribution in [1.29, 1.82) is 0 Å². The number of benzene rings is 1. The van der Waals surface area contributed by atoms with Crippen LogP contribution in [0.2, 0.25) is 0 Å². The highest BCUT2D eigenvalue weighted by molar-refractivity contribution is 7.09. The molecule has 2 rings (SSSR count). The number of nitrogens with zero attached hydrogens (tertiary/aromatic N) is 1. The second-order valence-corrected chi connectivity index (χ2v) is 5.85. The molecule has 0 spiro atoms. The van der Waals surface area contributed by atoms with Crippen LogP contribution in [0.1, 0.15) is 10.7 Å². The Morgan fingerprint density at radius 1 is 1.22 bits per heavy atom. The Labute approximate surface area is 138 Å². The molecule has 0 saturated carbocycles. The Balaban J connectivity index is 1.85. The maximum Gasteiger partial charge on any atom is 0.319 e. The number of anilines is 2. The number of urea groups is 1. The van der Waals surface area contributed by atoms with Crippen LogP contribution in [0.4, 0.5) is 16.2 Å². The number of amides is 3. The summed E-state index contributed by atoms with van der Waals surface area (Å²) in [6, 6.07) is 6.59. The van der Waals surface area contributed by atoms with Crippen molar-refractivity contribution in [3.63, 3.8) is 0 Å². The Morgan fingerprint density at radius 3 is 2.43 bits per heavy atom. The number of hydrogen-bond acceptors (Lipinski definition) is 4. The molecule has 6 nitrogen and oxygen atoms in total. The minimum atomic E-state index is -0.305. The first kappa shape index (κ1) is 16.7. The molecule has 7 heteroatoms. The molecule has 1 aromatic heterocycles. The first-order valence-electron chi connectivity index (χ1n) is 7.03. The Morgan fingerprint density at radius 2 is 1.87 bits per heavy atom. The minimum absolute atomic E-state index is 0.125. The molecule has 0 bridgehead atoms. The summed E-state index contributed by atoms with van der Waals surface area (Å²) >= 11 is 1.52. The lowest BCUT2D eigenvalue weighted by Crippen LogP contribution is -2.28. The van der Waals surface area contributed by atoms with E-state index in [-0.39, 0.29) is 18.4 Å². The third-order valence-corrected chi connectivity index (χ3v) is 3.66. The molecular formula is C16H18N4O2S. The zero-order chi connectivity index (χ0) is 16.7. The predicted octanol–water partition coefficient (Wildman–Crippen LogP) is 2.94. The van der Waals surface area contributed by atoms with E-state index >= 15 is 0 Å². The van der Waals surface area contributed by atoms with Crippen LogP contribution in [0, 0.1) is 6.92 Å². The maximum absolute atomic E-state index is 11.9. The number of aromatic nitrogens is 1. The van der Waals surface area contributed by atoms with Crippen molar-refractivity contribution in [2.75, 3.05) is 17.2 Å².